The number of amides is 2. The first-order chi connectivity index (χ1) is 11.6. The Bertz CT molecular complexity index is 524. The zero-order valence-electron chi connectivity index (χ0n) is 14.9. The lowest BCUT2D eigenvalue weighted by Crippen LogP contribution is -2.49. The van der Waals surface area contributed by atoms with Crippen LogP contribution in [0.15, 0.2) is 30.3 Å². The van der Waals surface area contributed by atoms with E-state index in [1.807, 2.05) is 44.2 Å². The second-order valence-electron chi connectivity index (χ2n) is 6.83. The molecule has 0 bridgehead atoms. The van der Waals surface area contributed by atoms with E-state index in [0.717, 1.165) is 37.7 Å². The molecule has 0 aliphatic heterocycles. The van der Waals surface area contributed by atoms with Crippen LogP contribution in [0.2, 0.25) is 0 Å². The Morgan fingerprint density at radius 2 is 1.75 bits per heavy atom. The predicted octanol–water partition coefficient (Wildman–Crippen LogP) is 3.73. The Hall–Kier alpha value is -1.84. The Balaban J connectivity index is 1.93. The average molecular weight is 330 g/mol. The third-order valence-corrected chi connectivity index (χ3v) is 4.84. The molecule has 0 spiro atoms. The Labute approximate surface area is 145 Å². The quantitative estimate of drug-likeness (QED) is 0.800. The maximum atomic E-state index is 12.6. The van der Waals surface area contributed by atoms with Gasteiger partial charge >= 0.3 is 0 Å². The van der Waals surface area contributed by atoms with Crippen molar-refractivity contribution in [2.45, 2.75) is 70.9 Å². The van der Waals surface area contributed by atoms with Gasteiger partial charge in [0, 0.05) is 5.92 Å². The molecule has 132 valence electrons. The van der Waals surface area contributed by atoms with Crippen LogP contribution in [0.5, 0.6) is 0 Å². The lowest BCUT2D eigenvalue weighted by molar-refractivity contribution is -0.132. The van der Waals surface area contributed by atoms with Gasteiger partial charge in [-0.2, -0.15) is 0 Å². The summed E-state index contributed by atoms with van der Waals surface area (Å²) < 4.78 is 0. The molecule has 24 heavy (non-hydrogen) atoms. The first-order valence-electron chi connectivity index (χ1n) is 9.27. The molecule has 2 atom stereocenters. The molecule has 2 unspecified atom stereocenters. The summed E-state index contributed by atoms with van der Waals surface area (Å²) in [7, 11) is 0. The maximum absolute atomic E-state index is 12.6. The van der Waals surface area contributed by atoms with Crippen LogP contribution in [0.25, 0.3) is 0 Å². The highest BCUT2D eigenvalue weighted by molar-refractivity contribution is 5.88. The number of hydrogen-bond donors (Lipinski definition) is 2. The number of benzene rings is 1. The number of nitrogens with one attached hydrogen (secondary N) is 2. The molecule has 0 saturated heterocycles. The minimum atomic E-state index is -0.435. The summed E-state index contributed by atoms with van der Waals surface area (Å²) >= 11 is 0. The fourth-order valence-electron chi connectivity index (χ4n) is 3.35. The van der Waals surface area contributed by atoms with Crippen molar-refractivity contribution in [1.29, 1.82) is 0 Å². The van der Waals surface area contributed by atoms with Gasteiger partial charge in [0.25, 0.3) is 0 Å². The van der Waals surface area contributed by atoms with Gasteiger partial charge in [-0.25, -0.2) is 0 Å². The molecule has 1 aromatic carbocycles. The van der Waals surface area contributed by atoms with Crippen LogP contribution in [-0.2, 0) is 9.59 Å². The molecule has 4 nitrogen and oxygen atoms in total. The molecule has 1 aliphatic carbocycles. The van der Waals surface area contributed by atoms with Crippen molar-refractivity contribution in [2.75, 3.05) is 0 Å². The topological polar surface area (TPSA) is 58.2 Å². The number of carbonyl (C=O) groups is 2. The Kier molecular flexibility index (Phi) is 7.29. The van der Waals surface area contributed by atoms with Crippen LogP contribution < -0.4 is 10.6 Å². The third-order valence-electron chi connectivity index (χ3n) is 4.84. The fraction of sp³-hybridized carbons (Fsp3) is 0.600. The van der Waals surface area contributed by atoms with Gasteiger partial charge in [-0.05, 0) is 31.7 Å². The van der Waals surface area contributed by atoms with E-state index >= 15 is 0 Å². The van der Waals surface area contributed by atoms with Gasteiger partial charge in [0.05, 0.1) is 6.04 Å². The minimum absolute atomic E-state index is 0.0515. The lowest BCUT2D eigenvalue weighted by Gasteiger charge is -2.25. The highest BCUT2D eigenvalue weighted by atomic mass is 16.2. The van der Waals surface area contributed by atoms with Gasteiger partial charge in [0.15, 0.2) is 0 Å². The van der Waals surface area contributed by atoms with Crippen LogP contribution in [0.4, 0.5) is 0 Å². The average Bonchev–Trinajstić information content (AvgIpc) is 2.62. The minimum Gasteiger partial charge on any atom is -0.348 e. The highest BCUT2D eigenvalue weighted by Crippen LogP contribution is 2.24. The zero-order chi connectivity index (χ0) is 17.4. The predicted molar refractivity (Wildman–Crippen MR) is 96.4 cm³/mol. The molecular weight excluding hydrogens is 300 g/mol. The zero-order valence-corrected chi connectivity index (χ0v) is 14.9. The van der Waals surface area contributed by atoms with E-state index in [-0.39, 0.29) is 23.8 Å². The van der Waals surface area contributed by atoms with Crippen LogP contribution in [-0.4, -0.2) is 17.9 Å². The molecule has 1 fully saturated rings. The molecule has 0 aromatic heterocycles. The summed E-state index contributed by atoms with van der Waals surface area (Å²) in [6.45, 7) is 4.01. The van der Waals surface area contributed by atoms with Gasteiger partial charge in [0.2, 0.25) is 11.8 Å². The summed E-state index contributed by atoms with van der Waals surface area (Å²) in [4.78, 5) is 25.1. The second kappa shape index (κ2) is 9.45. The standard InChI is InChI=1S/C20H30N2O2/c1-3-10-18(22-19(23)17-13-8-5-9-14-17)20(24)21-15(2)16-11-6-4-7-12-16/h4,6-7,11-12,15,17-18H,3,5,8-10,13-14H2,1-2H3,(H,21,24)(H,22,23). The van der Waals surface area contributed by atoms with E-state index in [1.165, 1.54) is 6.42 Å². The van der Waals surface area contributed by atoms with E-state index < -0.39 is 6.04 Å². The lowest BCUT2D eigenvalue weighted by atomic mass is 9.88. The van der Waals surface area contributed by atoms with Crippen molar-refractivity contribution < 1.29 is 9.59 Å². The Morgan fingerprint density at radius 1 is 1.08 bits per heavy atom. The summed E-state index contributed by atoms with van der Waals surface area (Å²) in [5.74, 6) is 0.0467. The van der Waals surface area contributed by atoms with Gasteiger partial charge < -0.3 is 10.6 Å². The van der Waals surface area contributed by atoms with E-state index in [4.69, 9.17) is 0 Å². The number of rotatable bonds is 7. The highest BCUT2D eigenvalue weighted by Gasteiger charge is 2.26. The molecule has 1 aliphatic rings. The summed E-state index contributed by atoms with van der Waals surface area (Å²) in [6.07, 6.45) is 6.90. The number of carbonyl (C=O) groups excluding carboxylic acids is 2. The number of hydrogen-bond acceptors (Lipinski definition) is 2. The van der Waals surface area contributed by atoms with Crippen LogP contribution in [0.1, 0.15) is 70.4 Å². The van der Waals surface area contributed by atoms with E-state index in [1.54, 1.807) is 0 Å². The molecule has 4 heteroatoms. The second-order valence-corrected chi connectivity index (χ2v) is 6.83. The molecule has 0 radical (unpaired) electrons. The Morgan fingerprint density at radius 3 is 2.38 bits per heavy atom. The molecule has 2 N–H and O–H groups in total. The van der Waals surface area contributed by atoms with Gasteiger partial charge in [-0.3, -0.25) is 9.59 Å². The van der Waals surface area contributed by atoms with E-state index in [9.17, 15) is 9.59 Å². The third kappa shape index (κ3) is 5.36. The summed E-state index contributed by atoms with van der Waals surface area (Å²) in [5, 5.41) is 6.03. The first-order valence-corrected chi connectivity index (χ1v) is 9.27. The monoisotopic (exact) mass is 330 g/mol. The van der Waals surface area contributed by atoms with E-state index in [2.05, 4.69) is 10.6 Å². The van der Waals surface area contributed by atoms with Crippen molar-refractivity contribution in [2.24, 2.45) is 5.92 Å². The molecule has 0 heterocycles. The van der Waals surface area contributed by atoms with Crippen molar-refractivity contribution in [3.05, 3.63) is 35.9 Å². The summed E-state index contributed by atoms with van der Waals surface area (Å²) in [6, 6.07) is 9.39. The smallest absolute Gasteiger partial charge is 0.243 e. The van der Waals surface area contributed by atoms with E-state index in [0.29, 0.717) is 6.42 Å². The molecule has 2 rings (SSSR count). The maximum Gasteiger partial charge on any atom is 0.243 e. The summed E-state index contributed by atoms with van der Waals surface area (Å²) in [5.41, 5.74) is 1.07. The van der Waals surface area contributed by atoms with Crippen molar-refractivity contribution in [3.63, 3.8) is 0 Å². The van der Waals surface area contributed by atoms with Crippen molar-refractivity contribution in [3.8, 4) is 0 Å². The van der Waals surface area contributed by atoms with Crippen LogP contribution >= 0.6 is 0 Å². The van der Waals surface area contributed by atoms with Crippen LogP contribution in [0.3, 0.4) is 0 Å². The fourth-order valence-corrected chi connectivity index (χ4v) is 3.35. The van der Waals surface area contributed by atoms with Gasteiger partial charge in [-0.1, -0.05) is 62.9 Å². The van der Waals surface area contributed by atoms with Gasteiger partial charge in [-0.15, -0.1) is 0 Å². The first kappa shape index (κ1) is 18.5. The normalized spacial score (nSPS) is 17.8. The molecule has 1 saturated carbocycles. The molecule has 1 aromatic rings. The SMILES string of the molecule is CCCC(NC(=O)C1CCCCC1)C(=O)NC(C)c1ccccc1. The largest absolute Gasteiger partial charge is 0.348 e. The van der Waals surface area contributed by atoms with Crippen molar-refractivity contribution in [1.82, 2.24) is 10.6 Å². The molecular formula is C20H30N2O2. The van der Waals surface area contributed by atoms with Crippen LogP contribution in [0, 0.1) is 5.92 Å². The molecule has 2 amide bonds. The van der Waals surface area contributed by atoms with Crippen molar-refractivity contribution >= 4 is 11.8 Å². The van der Waals surface area contributed by atoms with Gasteiger partial charge in [0.1, 0.15) is 6.04 Å².